The van der Waals surface area contributed by atoms with Gasteiger partial charge in [0, 0.05) is 0 Å². The minimum atomic E-state index is -0.236. The Kier molecular flexibility index (Phi) is 5.41. The molecule has 0 aliphatic heterocycles. The maximum absolute atomic E-state index is 11.2. The van der Waals surface area contributed by atoms with Crippen LogP contribution in [0, 0.1) is 0 Å². The zero-order chi connectivity index (χ0) is 11.3. The van der Waals surface area contributed by atoms with Crippen molar-refractivity contribution >= 4 is 40.8 Å². The molecule has 84 valence electrons. The van der Waals surface area contributed by atoms with Crippen molar-refractivity contribution in [3.05, 3.63) is 0 Å². The lowest BCUT2D eigenvalue weighted by atomic mass is 10.5. The number of methoxy groups -OCH3 is 1. The summed E-state index contributed by atoms with van der Waals surface area (Å²) < 4.78 is 6.38. The van der Waals surface area contributed by atoms with E-state index < -0.39 is 0 Å². The second-order valence-electron chi connectivity index (χ2n) is 2.55. The lowest BCUT2D eigenvalue weighted by Crippen LogP contribution is -2.14. The number of carbonyl (C=O) groups excluding carboxylic acids is 1. The molecule has 0 fully saturated rings. The van der Waals surface area contributed by atoms with Crippen molar-refractivity contribution in [1.82, 2.24) is 10.2 Å². The highest BCUT2D eigenvalue weighted by molar-refractivity contribution is 8.03. The molecule has 15 heavy (non-hydrogen) atoms. The standard InChI is InChI=1S/C8H12N2O2S3/c1-4-13-7-9-10-8(15-7)14-5(2)6(11)12-3/h5H,4H2,1-3H3/t5-/m0/s1. The van der Waals surface area contributed by atoms with Crippen LogP contribution in [0.25, 0.3) is 0 Å². The Labute approximate surface area is 101 Å². The van der Waals surface area contributed by atoms with E-state index in [1.165, 1.54) is 30.2 Å². The van der Waals surface area contributed by atoms with Crippen LogP contribution >= 0.6 is 34.9 Å². The van der Waals surface area contributed by atoms with Gasteiger partial charge in [-0.3, -0.25) is 4.79 Å². The van der Waals surface area contributed by atoms with Crippen LogP contribution < -0.4 is 0 Å². The zero-order valence-corrected chi connectivity index (χ0v) is 11.2. The van der Waals surface area contributed by atoms with E-state index in [9.17, 15) is 4.79 Å². The maximum Gasteiger partial charge on any atom is 0.318 e. The SMILES string of the molecule is CCSc1nnc(S[C@@H](C)C(=O)OC)s1. The summed E-state index contributed by atoms with van der Waals surface area (Å²) in [5.74, 6) is 0.742. The minimum Gasteiger partial charge on any atom is -0.468 e. The smallest absolute Gasteiger partial charge is 0.318 e. The Balaban J connectivity index is 2.53. The van der Waals surface area contributed by atoms with E-state index in [0.717, 1.165) is 14.4 Å². The monoisotopic (exact) mass is 264 g/mol. The fourth-order valence-electron chi connectivity index (χ4n) is 0.792. The summed E-state index contributed by atoms with van der Waals surface area (Å²) in [6.07, 6.45) is 0. The number of ether oxygens (including phenoxy) is 1. The van der Waals surface area contributed by atoms with Crippen LogP contribution in [0.4, 0.5) is 0 Å². The molecular weight excluding hydrogens is 252 g/mol. The van der Waals surface area contributed by atoms with Gasteiger partial charge in [0.15, 0.2) is 8.68 Å². The molecule has 0 aromatic carbocycles. The van der Waals surface area contributed by atoms with E-state index in [-0.39, 0.29) is 11.2 Å². The van der Waals surface area contributed by atoms with Crippen LogP contribution in [0.2, 0.25) is 0 Å². The lowest BCUT2D eigenvalue weighted by Gasteiger charge is -2.04. The van der Waals surface area contributed by atoms with Gasteiger partial charge in [-0.25, -0.2) is 0 Å². The quantitative estimate of drug-likeness (QED) is 0.601. The van der Waals surface area contributed by atoms with Crippen molar-refractivity contribution in [2.45, 2.75) is 27.8 Å². The highest BCUT2D eigenvalue weighted by Crippen LogP contribution is 2.31. The average molecular weight is 264 g/mol. The van der Waals surface area contributed by atoms with Gasteiger partial charge in [-0.05, 0) is 12.7 Å². The van der Waals surface area contributed by atoms with Crippen LogP contribution in [0.1, 0.15) is 13.8 Å². The van der Waals surface area contributed by atoms with Crippen LogP contribution in [0.15, 0.2) is 8.68 Å². The molecule has 1 atom stereocenters. The Morgan fingerprint density at radius 2 is 2.20 bits per heavy atom. The van der Waals surface area contributed by atoms with Crippen LogP contribution in [0.5, 0.6) is 0 Å². The number of thioether (sulfide) groups is 2. The van der Waals surface area contributed by atoms with Gasteiger partial charge in [0.1, 0.15) is 5.25 Å². The van der Waals surface area contributed by atoms with Gasteiger partial charge in [0.2, 0.25) is 0 Å². The van der Waals surface area contributed by atoms with Gasteiger partial charge >= 0.3 is 5.97 Å². The number of esters is 1. The summed E-state index contributed by atoms with van der Waals surface area (Å²) in [6.45, 7) is 3.86. The molecule has 0 radical (unpaired) electrons. The normalized spacial score (nSPS) is 12.5. The van der Waals surface area contributed by atoms with E-state index in [1.807, 2.05) is 0 Å². The molecule has 0 saturated carbocycles. The topological polar surface area (TPSA) is 52.1 Å². The first-order valence-electron chi connectivity index (χ1n) is 4.38. The van der Waals surface area contributed by atoms with Crippen molar-refractivity contribution in [3.8, 4) is 0 Å². The van der Waals surface area contributed by atoms with Crippen LogP contribution in [-0.4, -0.2) is 34.3 Å². The third-order valence-electron chi connectivity index (χ3n) is 1.47. The first-order chi connectivity index (χ1) is 7.17. The van der Waals surface area contributed by atoms with E-state index in [1.54, 1.807) is 18.7 Å². The van der Waals surface area contributed by atoms with E-state index in [0.29, 0.717) is 0 Å². The highest BCUT2D eigenvalue weighted by Gasteiger charge is 2.17. The molecule has 0 N–H and O–H groups in total. The van der Waals surface area contributed by atoms with Crippen LogP contribution in [0.3, 0.4) is 0 Å². The maximum atomic E-state index is 11.2. The fourth-order valence-corrected chi connectivity index (χ4v) is 3.88. The van der Waals surface area contributed by atoms with Gasteiger partial charge in [-0.1, -0.05) is 41.8 Å². The number of hydrogen-bond donors (Lipinski definition) is 0. The molecule has 1 aromatic rings. The molecule has 1 aromatic heterocycles. The van der Waals surface area contributed by atoms with E-state index in [2.05, 4.69) is 21.9 Å². The third-order valence-corrected chi connectivity index (χ3v) is 4.57. The van der Waals surface area contributed by atoms with Gasteiger partial charge in [-0.2, -0.15) is 0 Å². The Morgan fingerprint density at radius 1 is 1.53 bits per heavy atom. The van der Waals surface area contributed by atoms with Crippen molar-refractivity contribution in [1.29, 1.82) is 0 Å². The molecule has 0 aliphatic carbocycles. The predicted octanol–water partition coefficient (Wildman–Crippen LogP) is 2.30. The average Bonchev–Trinajstić information content (AvgIpc) is 2.65. The lowest BCUT2D eigenvalue weighted by molar-refractivity contribution is -0.139. The zero-order valence-electron chi connectivity index (χ0n) is 8.72. The molecular formula is C8H12N2O2S3. The van der Waals surface area contributed by atoms with Crippen molar-refractivity contribution < 1.29 is 9.53 Å². The molecule has 0 unspecified atom stereocenters. The van der Waals surface area contributed by atoms with Gasteiger partial charge in [0.25, 0.3) is 0 Å². The predicted molar refractivity (Wildman–Crippen MR) is 63.6 cm³/mol. The first kappa shape index (κ1) is 12.8. The summed E-state index contributed by atoms with van der Waals surface area (Å²) in [4.78, 5) is 11.2. The van der Waals surface area contributed by atoms with Gasteiger partial charge in [0.05, 0.1) is 7.11 Å². The summed E-state index contributed by atoms with van der Waals surface area (Å²) in [5.41, 5.74) is 0. The number of nitrogens with zero attached hydrogens (tertiary/aromatic N) is 2. The Morgan fingerprint density at radius 3 is 2.80 bits per heavy atom. The molecule has 0 aliphatic rings. The molecule has 4 nitrogen and oxygen atoms in total. The molecule has 0 spiro atoms. The van der Waals surface area contributed by atoms with E-state index >= 15 is 0 Å². The minimum absolute atomic E-state index is 0.234. The van der Waals surface area contributed by atoms with E-state index in [4.69, 9.17) is 0 Å². The van der Waals surface area contributed by atoms with Crippen molar-refractivity contribution in [2.75, 3.05) is 12.9 Å². The summed E-state index contributed by atoms with van der Waals surface area (Å²) in [7, 11) is 1.39. The molecule has 0 bridgehead atoms. The second kappa shape index (κ2) is 6.34. The molecule has 1 heterocycles. The van der Waals surface area contributed by atoms with Crippen molar-refractivity contribution in [2.24, 2.45) is 0 Å². The molecule has 7 heteroatoms. The van der Waals surface area contributed by atoms with Crippen molar-refractivity contribution in [3.63, 3.8) is 0 Å². The largest absolute Gasteiger partial charge is 0.468 e. The molecule has 1 rings (SSSR count). The highest BCUT2D eigenvalue weighted by atomic mass is 32.2. The summed E-state index contributed by atoms with van der Waals surface area (Å²) in [6, 6.07) is 0. The third kappa shape index (κ3) is 4.00. The second-order valence-corrected chi connectivity index (χ2v) is 6.63. The number of hydrogen-bond acceptors (Lipinski definition) is 7. The fraction of sp³-hybridized carbons (Fsp3) is 0.625. The molecule has 0 saturated heterocycles. The molecule has 0 amide bonds. The number of aromatic nitrogens is 2. The first-order valence-corrected chi connectivity index (χ1v) is 7.06. The summed E-state index contributed by atoms with van der Waals surface area (Å²) in [5, 5.41) is 7.76. The van der Waals surface area contributed by atoms with Crippen LogP contribution in [-0.2, 0) is 9.53 Å². The van der Waals surface area contributed by atoms with Gasteiger partial charge in [-0.15, -0.1) is 10.2 Å². The Hall–Kier alpha value is -0.270. The summed E-state index contributed by atoms with van der Waals surface area (Å²) >= 11 is 4.54. The number of rotatable bonds is 5. The van der Waals surface area contributed by atoms with Gasteiger partial charge < -0.3 is 4.74 Å². The Bertz CT molecular complexity index is 329. The number of carbonyl (C=O) groups is 1.